The van der Waals surface area contributed by atoms with Crippen LogP contribution in [0.15, 0.2) is 60.3 Å². The van der Waals surface area contributed by atoms with E-state index >= 15 is 0 Å². The van der Waals surface area contributed by atoms with Gasteiger partial charge in [-0.05, 0) is 54.6 Å². The van der Waals surface area contributed by atoms with Gasteiger partial charge in [-0.1, -0.05) is 18.2 Å². The molecular formula is C28H30Cl2F6N4OS. The van der Waals surface area contributed by atoms with Gasteiger partial charge in [-0.15, -0.1) is 36.6 Å². The molecule has 1 amide bonds. The first-order chi connectivity index (χ1) is 19.0. The molecule has 5 nitrogen and oxygen atoms in total. The number of carbonyl (C=O) groups is 1. The number of fused-ring (bicyclic) bond motifs is 1. The summed E-state index contributed by atoms with van der Waals surface area (Å²) in [4.78, 5) is 22.7. The second-order valence-electron chi connectivity index (χ2n) is 10.1. The zero-order chi connectivity index (χ0) is 28.5. The fourth-order valence-electron chi connectivity index (χ4n) is 5.31. The van der Waals surface area contributed by atoms with Crippen molar-refractivity contribution in [1.82, 2.24) is 19.7 Å². The first-order valence-corrected chi connectivity index (χ1v) is 13.9. The topological polar surface area (TPSA) is 42.6 Å². The van der Waals surface area contributed by atoms with Gasteiger partial charge in [-0.3, -0.25) is 9.69 Å². The molecular weight excluding hydrogens is 625 g/mol. The van der Waals surface area contributed by atoms with Crippen molar-refractivity contribution in [3.8, 4) is 0 Å². The van der Waals surface area contributed by atoms with E-state index in [2.05, 4.69) is 14.8 Å². The Morgan fingerprint density at radius 2 is 1.64 bits per heavy atom. The van der Waals surface area contributed by atoms with Crippen LogP contribution in [0.3, 0.4) is 0 Å². The van der Waals surface area contributed by atoms with Crippen LogP contribution in [0.25, 0.3) is 10.9 Å². The van der Waals surface area contributed by atoms with Gasteiger partial charge in [0.2, 0.25) is 0 Å². The third-order valence-corrected chi connectivity index (χ3v) is 8.12. The van der Waals surface area contributed by atoms with Gasteiger partial charge >= 0.3 is 12.4 Å². The molecule has 2 aliphatic rings. The van der Waals surface area contributed by atoms with Crippen molar-refractivity contribution in [1.29, 1.82) is 0 Å². The summed E-state index contributed by atoms with van der Waals surface area (Å²) in [7, 11) is 0. The van der Waals surface area contributed by atoms with Crippen LogP contribution in [0.4, 0.5) is 26.3 Å². The molecule has 14 heteroatoms. The highest BCUT2D eigenvalue weighted by Gasteiger charge is 2.39. The lowest BCUT2D eigenvalue weighted by Crippen LogP contribution is -2.56. The SMILES string of the molecule is Cl.Cl.O=C(c1cc(C(F)(F)F)cc(C(F)(F)F)c1)N1CCN(CCCN2C=CSC2)C[C@H]1Cc1c[nH]c2ccccc12. The van der Waals surface area contributed by atoms with E-state index in [1.165, 1.54) is 4.90 Å². The lowest BCUT2D eigenvalue weighted by Gasteiger charge is -2.42. The Bertz CT molecular complexity index is 1360. The van der Waals surface area contributed by atoms with Crippen molar-refractivity contribution in [2.24, 2.45) is 0 Å². The lowest BCUT2D eigenvalue weighted by molar-refractivity contribution is -0.143. The van der Waals surface area contributed by atoms with Gasteiger partial charge in [0.25, 0.3) is 5.91 Å². The zero-order valence-corrected chi connectivity index (χ0v) is 24.7. The molecule has 42 heavy (non-hydrogen) atoms. The average Bonchev–Trinajstić information content (AvgIpc) is 3.58. The fourth-order valence-corrected chi connectivity index (χ4v) is 6.06. The summed E-state index contributed by atoms with van der Waals surface area (Å²) in [5.74, 6) is 0.0721. The van der Waals surface area contributed by atoms with Crippen LogP contribution in [-0.2, 0) is 18.8 Å². The number of para-hydroxylation sites is 1. The molecule has 0 bridgehead atoms. The largest absolute Gasteiger partial charge is 0.416 e. The monoisotopic (exact) mass is 654 g/mol. The number of piperazine rings is 1. The van der Waals surface area contributed by atoms with Crippen LogP contribution in [0.5, 0.6) is 0 Å². The third-order valence-electron chi connectivity index (χ3n) is 7.32. The number of aromatic nitrogens is 1. The van der Waals surface area contributed by atoms with E-state index in [0.29, 0.717) is 31.6 Å². The minimum atomic E-state index is -5.03. The molecule has 1 fully saturated rings. The van der Waals surface area contributed by atoms with Crippen molar-refractivity contribution in [2.75, 3.05) is 38.6 Å². The Hall–Kier alpha value is -2.54. The molecule has 2 aromatic carbocycles. The minimum absolute atomic E-state index is 0. The number of carbonyl (C=O) groups excluding carboxylic acids is 1. The van der Waals surface area contributed by atoms with Crippen molar-refractivity contribution in [3.05, 3.63) is 82.5 Å². The maximum absolute atomic E-state index is 13.6. The van der Waals surface area contributed by atoms with Gasteiger partial charge < -0.3 is 14.8 Å². The van der Waals surface area contributed by atoms with E-state index in [1.807, 2.05) is 42.1 Å². The van der Waals surface area contributed by atoms with Crippen LogP contribution in [0.1, 0.15) is 33.5 Å². The number of benzene rings is 2. The summed E-state index contributed by atoms with van der Waals surface area (Å²) in [6, 6.07) is 8.29. The smallest absolute Gasteiger partial charge is 0.367 e. The Kier molecular flexibility index (Phi) is 11.2. The molecule has 1 N–H and O–H groups in total. The number of nitrogens with one attached hydrogen (secondary N) is 1. The number of nitrogens with zero attached hydrogens (tertiary/aromatic N) is 3. The quantitative estimate of drug-likeness (QED) is 0.272. The van der Waals surface area contributed by atoms with E-state index < -0.39 is 41.0 Å². The maximum atomic E-state index is 13.6. The van der Waals surface area contributed by atoms with Crippen LogP contribution >= 0.6 is 36.6 Å². The lowest BCUT2D eigenvalue weighted by atomic mass is 9.98. The molecule has 0 aliphatic carbocycles. The highest BCUT2D eigenvalue weighted by molar-refractivity contribution is 8.02. The minimum Gasteiger partial charge on any atom is -0.367 e. The molecule has 1 atom stereocenters. The Morgan fingerprint density at radius 3 is 2.29 bits per heavy atom. The molecule has 2 aliphatic heterocycles. The van der Waals surface area contributed by atoms with Gasteiger partial charge in [-0.2, -0.15) is 26.3 Å². The number of H-pyrrole nitrogens is 1. The average molecular weight is 656 g/mol. The highest BCUT2D eigenvalue weighted by Crippen LogP contribution is 2.37. The van der Waals surface area contributed by atoms with E-state index in [0.717, 1.165) is 41.9 Å². The summed E-state index contributed by atoms with van der Waals surface area (Å²) in [5.41, 5.74) is -1.76. The number of aromatic amines is 1. The van der Waals surface area contributed by atoms with Crippen molar-refractivity contribution in [2.45, 2.75) is 31.2 Å². The van der Waals surface area contributed by atoms with Gasteiger partial charge in [0.05, 0.1) is 17.0 Å². The number of hydrogen-bond acceptors (Lipinski definition) is 4. The van der Waals surface area contributed by atoms with Gasteiger partial charge in [0.15, 0.2) is 0 Å². The zero-order valence-electron chi connectivity index (χ0n) is 22.3. The van der Waals surface area contributed by atoms with Crippen LogP contribution in [-0.4, -0.2) is 70.2 Å². The van der Waals surface area contributed by atoms with E-state index in [1.54, 1.807) is 11.8 Å². The molecule has 3 heterocycles. The third kappa shape index (κ3) is 7.89. The van der Waals surface area contributed by atoms with E-state index in [9.17, 15) is 31.1 Å². The summed E-state index contributed by atoms with van der Waals surface area (Å²) in [6.07, 6.45) is -4.87. The van der Waals surface area contributed by atoms with E-state index in [-0.39, 0.29) is 37.4 Å². The first-order valence-electron chi connectivity index (χ1n) is 12.9. The number of amides is 1. The number of halogens is 8. The molecule has 230 valence electrons. The predicted molar refractivity (Wildman–Crippen MR) is 157 cm³/mol. The summed E-state index contributed by atoms with van der Waals surface area (Å²) in [5, 5.41) is 3.00. The van der Waals surface area contributed by atoms with Crippen molar-refractivity contribution < 1.29 is 31.1 Å². The molecule has 0 radical (unpaired) electrons. The standard InChI is InChI=1S/C28H28F6N4OS.2ClH/c29-27(30,31)21-12-19(13-22(15-21)28(32,33)34)26(39)38-9-8-36(6-3-7-37-10-11-40-18-37)17-23(38)14-20-16-35-25-5-2-1-4-24(20)25;;/h1-2,4-5,10-13,15-16,23,35H,3,6-9,14,17-18H2;2*1H/t23-;;/m1../s1. The molecule has 0 unspecified atom stereocenters. The van der Waals surface area contributed by atoms with Crippen molar-refractivity contribution >= 4 is 53.4 Å². The van der Waals surface area contributed by atoms with Gasteiger partial charge in [-0.25, -0.2) is 0 Å². The van der Waals surface area contributed by atoms with E-state index in [4.69, 9.17) is 0 Å². The Labute approximate surface area is 256 Å². The molecule has 5 rings (SSSR count). The van der Waals surface area contributed by atoms with Crippen LogP contribution in [0, 0.1) is 0 Å². The normalized spacial score (nSPS) is 17.8. The molecule has 0 spiro atoms. The van der Waals surface area contributed by atoms with Crippen molar-refractivity contribution in [3.63, 3.8) is 0 Å². The second kappa shape index (κ2) is 13.8. The Morgan fingerprint density at radius 1 is 0.952 bits per heavy atom. The number of alkyl halides is 6. The van der Waals surface area contributed by atoms with Gasteiger partial charge in [0, 0.05) is 61.1 Å². The molecule has 0 saturated carbocycles. The number of hydrogen-bond donors (Lipinski definition) is 1. The Balaban J connectivity index is 0.00000242. The van der Waals surface area contributed by atoms with Gasteiger partial charge in [0.1, 0.15) is 0 Å². The molecule has 3 aromatic rings. The molecule has 1 saturated heterocycles. The van der Waals surface area contributed by atoms with Crippen LogP contribution < -0.4 is 0 Å². The summed E-state index contributed by atoms with van der Waals surface area (Å²) >= 11 is 1.72. The predicted octanol–water partition coefficient (Wildman–Crippen LogP) is 7.29. The number of rotatable bonds is 7. The first kappa shape index (κ1) is 34.0. The maximum Gasteiger partial charge on any atom is 0.416 e. The highest BCUT2D eigenvalue weighted by atomic mass is 35.5. The summed E-state index contributed by atoms with van der Waals surface area (Å²) < 4.78 is 80.9. The fraction of sp³-hybridized carbons (Fsp3) is 0.393. The molecule has 1 aromatic heterocycles. The number of thioether (sulfide) groups is 1. The second-order valence-corrected chi connectivity index (χ2v) is 10.9. The van der Waals surface area contributed by atoms with Crippen LogP contribution in [0.2, 0.25) is 0 Å². The summed E-state index contributed by atoms with van der Waals surface area (Å²) in [6.45, 7) is 2.78.